The molecule has 7 nitrogen and oxygen atoms in total. The SMILES string of the molecule is CC(C)(C)c1ccc(-c2nnc(SCC(=O)Nc3ccc(C(N)=O)cc3)n2C2CCCCC2)cc1. The van der Waals surface area contributed by atoms with Gasteiger partial charge < -0.3 is 11.1 Å². The predicted molar refractivity (Wildman–Crippen MR) is 141 cm³/mol. The van der Waals surface area contributed by atoms with Crippen LogP contribution >= 0.6 is 11.8 Å². The molecule has 2 aromatic carbocycles. The lowest BCUT2D eigenvalue weighted by Crippen LogP contribution is -2.17. The highest BCUT2D eigenvalue weighted by Gasteiger charge is 2.25. The van der Waals surface area contributed by atoms with Gasteiger partial charge in [-0.1, -0.05) is 76.1 Å². The number of primary amides is 1. The van der Waals surface area contributed by atoms with E-state index in [4.69, 9.17) is 5.73 Å². The van der Waals surface area contributed by atoms with Gasteiger partial charge >= 0.3 is 0 Å². The highest BCUT2D eigenvalue weighted by atomic mass is 32.2. The summed E-state index contributed by atoms with van der Waals surface area (Å²) in [5, 5.41) is 12.7. The van der Waals surface area contributed by atoms with Crippen molar-refractivity contribution in [2.24, 2.45) is 5.73 Å². The lowest BCUT2D eigenvalue weighted by Gasteiger charge is -2.26. The summed E-state index contributed by atoms with van der Waals surface area (Å²) >= 11 is 1.40. The smallest absolute Gasteiger partial charge is 0.248 e. The average Bonchev–Trinajstić information content (AvgIpc) is 3.27. The second kappa shape index (κ2) is 10.6. The minimum Gasteiger partial charge on any atom is -0.366 e. The maximum Gasteiger partial charge on any atom is 0.248 e. The first-order valence-corrected chi connectivity index (χ1v) is 13.1. The number of hydrogen-bond donors (Lipinski definition) is 2. The summed E-state index contributed by atoms with van der Waals surface area (Å²) in [6.07, 6.45) is 5.83. The van der Waals surface area contributed by atoms with E-state index >= 15 is 0 Å². The van der Waals surface area contributed by atoms with Crippen LogP contribution in [0.25, 0.3) is 11.4 Å². The number of carbonyl (C=O) groups excluding carboxylic acids is 2. The largest absolute Gasteiger partial charge is 0.366 e. The van der Waals surface area contributed by atoms with Crippen LogP contribution in [0.3, 0.4) is 0 Å². The molecule has 0 bridgehead atoms. The first-order chi connectivity index (χ1) is 16.7. The fourth-order valence-electron chi connectivity index (χ4n) is 4.40. The van der Waals surface area contributed by atoms with Crippen LogP contribution in [0.4, 0.5) is 5.69 Å². The van der Waals surface area contributed by atoms with Crippen molar-refractivity contribution in [3.8, 4) is 11.4 Å². The van der Waals surface area contributed by atoms with E-state index < -0.39 is 5.91 Å². The summed E-state index contributed by atoms with van der Waals surface area (Å²) in [4.78, 5) is 23.9. The van der Waals surface area contributed by atoms with Crippen molar-refractivity contribution in [3.63, 3.8) is 0 Å². The lowest BCUT2D eigenvalue weighted by molar-refractivity contribution is -0.113. The van der Waals surface area contributed by atoms with Crippen molar-refractivity contribution < 1.29 is 9.59 Å². The molecule has 184 valence electrons. The fraction of sp³-hybridized carbons (Fsp3) is 0.407. The number of hydrogen-bond acceptors (Lipinski definition) is 5. The maximum atomic E-state index is 12.6. The van der Waals surface area contributed by atoms with Crippen molar-refractivity contribution in [2.75, 3.05) is 11.1 Å². The summed E-state index contributed by atoms with van der Waals surface area (Å²) in [5.74, 6) is 0.438. The number of nitrogens with one attached hydrogen (secondary N) is 1. The number of nitrogens with zero attached hydrogens (tertiary/aromatic N) is 3. The third-order valence-corrected chi connectivity index (χ3v) is 7.34. The summed E-state index contributed by atoms with van der Waals surface area (Å²) in [6.45, 7) is 6.62. The number of thioether (sulfide) groups is 1. The second-order valence-corrected chi connectivity index (χ2v) is 11.0. The van der Waals surface area contributed by atoms with E-state index in [1.165, 1.54) is 36.6 Å². The Balaban J connectivity index is 1.51. The molecule has 1 heterocycles. The summed E-state index contributed by atoms with van der Waals surface area (Å²) in [7, 11) is 0. The quantitative estimate of drug-likeness (QED) is 0.420. The Bertz CT molecular complexity index is 1170. The van der Waals surface area contributed by atoms with E-state index in [9.17, 15) is 9.59 Å². The van der Waals surface area contributed by atoms with Crippen molar-refractivity contribution in [2.45, 2.75) is 69.5 Å². The van der Waals surface area contributed by atoms with Gasteiger partial charge in [-0.2, -0.15) is 0 Å². The molecule has 3 aromatic rings. The molecule has 0 unspecified atom stereocenters. The Kier molecular flexibility index (Phi) is 7.60. The molecule has 3 N–H and O–H groups in total. The van der Waals surface area contributed by atoms with E-state index in [2.05, 4.69) is 65.1 Å². The number of aromatic nitrogens is 3. The normalized spacial score (nSPS) is 14.6. The molecule has 0 aliphatic heterocycles. The zero-order chi connectivity index (χ0) is 25.0. The molecule has 0 saturated heterocycles. The number of rotatable bonds is 7. The Labute approximate surface area is 210 Å². The molecule has 4 rings (SSSR count). The molecule has 35 heavy (non-hydrogen) atoms. The zero-order valence-corrected chi connectivity index (χ0v) is 21.4. The number of nitrogens with two attached hydrogens (primary N) is 1. The van der Waals surface area contributed by atoms with Crippen LogP contribution in [0.15, 0.2) is 53.7 Å². The molecule has 2 amide bonds. The first kappa shape index (κ1) is 25.0. The van der Waals surface area contributed by atoms with Crippen molar-refractivity contribution in [3.05, 3.63) is 59.7 Å². The van der Waals surface area contributed by atoms with Gasteiger partial charge in [0.1, 0.15) is 0 Å². The van der Waals surface area contributed by atoms with E-state index in [0.717, 1.165) is 29.4 Å². The van der Waals surface area contributed by atoms with Crippen molar-refractivity contribution in [1.82, 2.24) is 14.8 Å². The minimum absolute atomic E-state index is 0.0874. The van der Waals surface area contributed by atoms with Gasteiger partial charge in [-0.15, -0.1) is 10.2 Å². The van der Waals surface area contributed by atoms with E-state index in [1.807, 2.05) is 0 Å². The number of carbonyl (C=O) groups is 2. The van der Waals surface area contributed by atoms with Gasteiger partial charge in [-0.05, 0) is 48.1 Å². The summed E-state index contributed by atoms with van der Waals surface area (Å²) in [5.41, 5.74) is 8.71. The molecule has 1 aromatic heterocycles. The molecular formula is C27H33N5O2S. The summed E-state index contributed by atoms with van der Waals surface area (Å²) in [6, 6.07) is 15.5. The van der Waals surface area contributed by atoms with Gasteiger partial charge in [0, 0.05) is 22.9 Å². The standard InChI is InChI=1S/C27H33N5O2S/c1-27(2,3)20-13-9-19(10-14-20)25-30-31-26(32(25)22-7-5-4-6-8-22)35-17-23(33)29-21-15-11-18(12-16-21)24(28)34/h9-16,22H,4-8,17H2,1-3H3,(H2,28,34)(H,29,33). The van der Waals surface area contributed by atoms with Crippen LogP contribution in [0.5, 0.6) is 0 Å². The second-order valence-electron chi connectivity index (χ2n) is 10.1. The van der Waals surface area contributed by atoms with E-state index in [-0.39, 0.29) is 17.1 Å². The van der Waals surface area contributed by atoms with E-state index in [1.54, 1.807) is 24.3 Å². The monoisotopic (exact) mass is 491 g/mol. The Morgan fingerprint density at radius 3 is 2.26 bits per heavy atom. The van der Waals surface area contributed by atoms with E-state index in [0.29, 0.717) is 17.3 Å². The molecule has 1 aliphatic rings. The van der Waals surface area contributed by atoms with Crippen LogP contribution in [-0.2, 0) is 10.2 Å². The molecule has 0 spiro atoms. The van der Waals surface area contributed by atoms with Gasteiger partial charge in [0.05, 0.1) is 5.75 Å². The zero-order valence-electron chi connectivity index (χ0n) is 20.6. The van der Waals surface area contributed by atoms with Crippen LogP contribution in [0.1, 0.15) is 74.8 Å². The van der Waals surface area contributed by atoms with Crippen LogP contribution in [0.2, 0.25) is 0 Å². The highest BCUT2D eigenvalue weighted by molar-refractivity contribution is 7.99. The summed E-state index contributed by atoms with van der Waals surface area (Å²) < 4.78 is 2.24. The van der Waals surface area contributed by atoms with Gasteiger partial charge in [0.15, 0.2) is 11.0 Å². The Morgan fingerprint density at radius 2 is 1.66 bits per heavy atom. The van der Waals surface area contributed by atoms with Gasteiger partial charge in [0.25, 0.3) is 0 Å². The van der Waals surface area contributed by atoms with Gasteiger partial charge in [-0.25, -0.2) is 0 Å². The van der Waals surface area contributed by atoms with Gasteiger partial charge in [0.2, 0.25) is 11.8 Å². The highest BCUT2D eigenvalue weighted by Crippen LogP contribution is 2.36. The molecule has 1 saturated carbocycles. The molecule has 1 aliphatic carbocycles. The topological polar surface area (TPSA) is 103 Å². The molecule has 0 atom stereocenters. The molecule has 1 fully saturated rings. The predicted octanol–water partition coefficient (Wildman–Crippen LogP) is 5.58. The number of anilines is 1. The average molecular weight is 492 g/mol. The van der Waals surface area contributed by atoms with Crippen LogP contribution < -0.4 is 11.1 Å². The van der Waals surface area contributed by atoms with Crippen molar-refractivity contribution in [1.29, 1.82) is 0 Å². The fourth-order valence-corrected chi connectivity index (χ4v) is 5.21. The molecular weight excluding hydrogens is 458 g/mol. The third kappa shape index (κ3) is 6.11. The van der Waals surface area contributed by atoms with Crippen LogP contribution in [0, 0.1) is 0 Å². The Hall–Kier alpha value is -3.13. The maximum absolute atomic E-state index is 12.6. The van der Waals surface area contributed by atoms with Crippen LogP contribution in [-0.4, -0.2) is 32.3 Å². The van der Waals surface area contributed by atoms with Gasteiger partial charge in [-0.3, -0.25) is 14.2 Å². The number of amides is 2. The lowest BCUT2D eigenvalue weighted by atomic mass is 9.86. The first-order valence-electron chi connectivity index (χ1n) is 12.1. The minimum atomic E-state index is -0.496. The molecule has 0 radical (unpaired) electrons. The Morgan fingerprint density at radius 1 is 1.00 bits per heavy atom. The molecule has 8 heteroatoms. The third-order valence-electron chi connectivity index (χ3n) is 6.40. The number of benzene rings is 2. The van der Waals surface area contributed by atoms with Crippen molar-refractivity contribution >= 4 is 29.3 Å².